The minimum atomic E-state index is 0.186. The van der Waals surface area contributed by atoms with Crippen LogP contribution in [0.1, 0.15) is 97.3 Å². The number of hydrogen-bond acceptors (Lipinski definition) is 5. The smallest absolute Gasteiger partial charge is 0.223 e. The molecular formula is C41H52N6O3. The molecule has 1 aliphatic heterocycles. The van der Waals surface area contributed by atoms with E-state index in [1.54, 1.807) is 0 Å². The van der Waals surface area contributed by atoms with Crippen molar-refractivity contribution in [1.29, 1.82) is 0 Å². The van der Waals surface area contributed by atoms with Gasteiger partial charge < -0.3 is 24.5 Å². The summed E-state index contributed by atoms with van der Waals surface area (Å²) in [5.74, 6) is 3.55. The Labute approximate surface area is 295 Å². The monoisotopic (exact) mass is 676 g/mol. The van der Waals surface area contributed by atoms with Crippen molar-refractivity contribution in [3.63, 3.8) is 0 Å². The van der Waals surface area contributed by atoms with Crippen LogP contribution in [0.25, 0.3) is 44.2 Å². The number of carbonyl (C=O) groups excluding carboxylic acids is 2. The summed E-state index contributed by atoms with van der Waals surface area (Å²) in [6.07, 6.45) is 6.79. The quantitative estimate of drug-likeness (QED) is 0.115. The Hall–Kier alpha value is -4.66. The van der Waals surface area contributed by atoms with Gasteiger partial charge in [-0.1, -0.05) is 72.6 Å². The molecular weight excluding hydrogens is 624 g/mol. The Morgan fingerprint density at radius 3 is 2.16 bits per heavy atom. The molecule has 9 heteroatoms. The van der Waals surface area contributed by atoms with Crippen LogP contribution in [-0.2, 0) is 29.3 Å². The number of hydrogen-bond donors (Lipinski definition) is 2. The average molecular weight is 677 g/mol. The van der Waals surface area contributed by atoms with Gasteiger partial charge in [-0.15, -0.1) is 0 Å². The minimum absolute atomic E-state index is 0.186. The summed E-state index contributed by atoms with van der Waals surface area (Å²) in [6.45, 7) is 15.6. The van der Waals surface area contributed by atoms with E-state index in [1.165, 1.54) is 0 Å². The summed E-state index contributed by atoms with van der Waals surface area (Å²) in [5.41, 5.74) is 7.14. The predicted molar refractivity (Wildman–Crippen MR) is 201 cm³/mol. The summed E-state index contributed by atoms with van der Waals surface area (Å²) < 4.78 is 6.37. The standard InChI is InChI=1S/C41H52N6O3/c1-7-15-46(39(48)17-26(5)9-3)23-37-42-22-35(44-37)29-11-13-31-30(19-29)25-50-36-21-32-28(20-33(31)36)12-14-34-41(32)45-38(43-34)24-47(16-8-2)40(49)18-27(6)10-4/h11-14,19-22,26-27H,7-10,15-18,23-25H2,1-6H3,(H,42,44)(H,43,45). The number of aromatic amines is 2. The van der Waals surface area contributed by atoms with E-state index < -0.39 is 0 Å². The van der Waals surface area contributed by atoms with Crippen LogP contribution >= 0.6 is 0 Å². The van der Waals surface area contributed by atoms with Crippen molar-refractivity contribution in [2.45, 2.75) is 99.8 Å². The number of fused-ring (bicyclic) bond motifs is 6. The fourth-order valence-corrected chi connectivity index (χ4v) is 6.80. The second-order valence-corrected chi connectivity index (χ2v) is 14.2. The second kappa shape index (κ2) is 15.5. The number of ether oxygens (including phenoxy) is 1. The Morgan fingerprint density at radius 2 is 1.50 bits per heavy atom. The molecule has 9 nitrogen and oxygen atoms in total. The number of rotatable bonds is 15. The van der Waals surface area contributed by atoms with E-state index in [1.807, 2.05) is 16.0 Å². The molecule has 6 rings (SSSR count). The lowest BCUT2D eigenvalue weighted by Crippen LogP contribution is -2.32. The van der Waals surface area contributed by atoms with Gasteiger partial charge in [-0.2, -0.15) is 0 Å². The van der Waals surface area contributed by atoms with Crippen LogP contribution in [0.4, 0.5) is 0 Å². The van der Waals surface area contributed by atoms with Crippen molar-refractivity contribution in [2.24, 2.45) is 11.8 Å². The minimum Gasteiger partial charge on any atom is -0.488 e. The van der Waals surface area contributed by atoms with Gasteiger partial charge in [0.05, 0.1) is 36.0 Å². The summed E-state index contributed by atoms with van der Waals surface area (Å²) in [4.78, 5) is 46.4. The van der Waals surface area contributed by atoms with Gasteiger partial charge in [-0.3, -0.25) is 9.59 Å². The highest BCUT2D eigenvalue weighted by atomic mass is 16.5. The van der Waals surface area contributed by atoms with E-state index in [0.717, 1.165) is 99.4 Å². The first-order valence-corrected chi connectivity index (χ1v) is 18.5. The van der Waals surface area contributed by atoms with Crippen molar-refractivity contribution >= 4 is 33.6 Å². The van der Waals surface area contributed by atoms with E-state index >= 15 is 0 Å². The molecule has 0 spiro atoms. The van der Waals surface area contributed by atoms with Gasteiger partial charge in [-0.05, 0) is 71.0 Å². The number of carbonyl (C=O) groups is 2. The van der Waals surface area contributed by atoms with E-state index in [9.17, 15) is 9.59 Å². The van der Waals surface area contributed by atoms with Gasteiger partial charge in [0, 0.05) is 36.9 Å². The summed E-state index contributed by atoms with van der Waals surface area (Å²) in [6, 6.07) is 15.0. The molecule has 2 aromatic heterocycles. The highest BCUT2D eigenvalue weighted by molar-refractivity contribution is 6.07. The van der Waals surface area contributed by atoms with Crippen LogP contribution in [0.5, 0.6) is 5.75 Å². The van der Waals surface area contributed by atoms with Crippen LogP contribution in [0, 0.1) is 11.8 Å². The molecule has 0 aliphatic carbocycles. The first kappa shape index (κ1) is 35.2. The van der Waals surface area contributed by atoms with Crippen LogP contribution in [0.3, 0.4) is 0 Å². The molecule has 0 radical (unpaired) electrons. The summed E-state index contributed by atoms with van der Waals surface area (Å²) in [7, 11) is 0. The second-order valence-electron chi connectivity index (χ2n) is 14.2. The molecule has 2 N–H and O–H groups in total. The predicted octanol–water partition coefficient (Wildman–Crippen LogP) is 9.02. The molecule has 0 bridgehead atoms. The van der Waals surface area contributed by atoms with E-state index in [2.05, 4.69) is 99.0 Å². The van der Waals surface area contributed by atoms with Crippen LogP contribution in [0.2, 0.25) is 0 Å². The first-order chi connectivity index (χ1) is 24.2. The molecule has 2 amide bonds. The van der Waals surface area contributed by atoms with Crippen LogP contribution in [0.15, 0.2) is 48.7 Å². The van der Waals surface area contributed by atoms with Crippen molar-refractivity contribution < 1.29 is 14.3 Å². The molecule has 0 saturated heterocycles. The number of benzene rings is 3. The van der Waals surface area contributed by atoms with Crippen molar-refractivity contribution in [3.05, 3.63) is 65.9 Å². The number of aromatic nitrogens is 4. The number of nitrogens with zero attached hydrogens (tertiary/aromatic N) is 4. The van der Waals surface area contributed by atoms with Crippen molar-refractivity contribution in [1.82, 2.24) is 29.7 Å². The zero-order valence-corrected chi connectivity index (χ0v) is 30.6. The van der Waals surface area contributed by atoms with Gasteiger partial charge in [0.15, 0.2) is 0 Å². The van der Waals surface area contributed by atoms with Crippen LogP contribution < -0.4 is 4.74 Å². The largest absolute Gasteiger partial charge is 0.488 e. The molecule has 50 heavy (non-hydrogen) atoms. The van der Waals surface area contributed by atoms with E-state index in [-0.39, 0.29) is 11.8 Å². The summed E-state index contributed by atoms with van der Waals surface area (Å²) >= 11 is 0. The fraction of sp³-hybridized carbons (Fsp3) is 0.463. The molecule has 5 aromatic rings. The highest BCUT2D eigenvalue weighted by Crippen LogP contribution is 2.42. The zero-order valence-electron chi connectivity index (χ0n) is 30.6. The topological polar surface area (TPSA) is 107 Å². The number of imidazole rings is 2. The normalized spacial score (nSPS) is 13.5. The lowest BCUT2D eigenvalue weighted by atomic mass is 9.92. The molecule has 0 saturated carbocycles. The molecule has 3 aromatic carbocycles. The maximum absolute atomic E-state index is 13.1. The van der Waals surface area contributed by atoms with E-state index in [0.29, 0.717) is 50.9 Å². The Kier molecular flexibility index (Phi) is 10.9. The average Bonchev–Trinajstić information content (AvgIpc) is 3.77. The number of amides is 2. The third-order valence-electron chi connectivity index (χ3n) is 10.2. The Morgan fingerprint density at radius 1 is 0.820 bits per heavy atom. The van der Waals surface area contributed by atoms with Gasteiger partial charge in [0.2, 0.25) is 11.8 Å². The maximum atomic E-state index is 13.1. The van der Waals surface area contributed by atoms with Crippen LogP contribution in [-0.4, -0.2) is 54.6 Å². The molecule has 2 atom stereocenters. The maximum Gasteiger partial charge on any atom is 0.223 e. The Bertz CT molecular complexity index is 1980. The van der Waals surface area contributed by atoms with E-state index in [4.69, 9.17) is 9.72 Å². The lowest BCUT2D eigenvalue weighted by Gasteiger charge is -2.23. The fourth-order valence-electron chi connectivity index (χ4n) is 6.80. The lowest BCUT2D eigenvalue weighted by molar-refractivity contribution is -0.133. The highest BCUT2D eigenvalue weighted by Gasteiger charge is 2.23. The van der Waals surface area contributed by atoms with Gasteiger partial charge in [0.25, 0.3) is 0 Å². The third-order valence-corrected chi connectivity index (χ3v) is 10.2. The number of nitrogens with one attached hydrogen (secondary N) is 2. The molecule has 1 aliphatic rings. The van der Waals surface area contributed by atoms with Crippen molar-refractivity contribution in [2.75, 3.05) is 13.1 Å². The Balaban J connectivity index is 1.22. The number of H-pyrrole nitrogens is 2. The molecule has 0 fully saturated rings. The zero-order chi connectivity index (χ0) is 35.4. The molecule has 2 unspecified atom stereocenters. The summed E-state index contributed by atoms with van der Waals surface area (Å²) in [5, 5.41) is 2.15. The third kappa shape index (κ3) is 7.57. The van der Waals surface area contributed by atoms with Gasteiger partial charge in [0.1, 0.15) is 24.0 Å². The van der Waals surface area contributed by atoms with Gasteiger partial charge >= 0.3 is 0 Å². The van der Waals surface area contributed by atoms with Gasteiger partial charge in [-0.25, -0.2) is 9.97 Å². The molecule has 264 valence electrons. The SMILES string of the molecule is CCCN(Cc1ncc(-c2ccc3c(c2)COc2cc4c(ccc5nc(CN(CCC)C(=O)CC(C)CC)[nH]c54)cc2-3)[nH]1)C(=O)CC(C)CC. The molecule has 3 heterocycles. The first-order valence-electron chi connectivity index (χ1n) is 18.5. The van der Waals surface area contributed by atoms with Crippen molar-refractivity contribution in [3.8, 4) is 28.1 Å².